The molecule has 0 saturated heterocycles. The van der Waals surface area contributed by atoms with E-state index in [0.29, 0.717) is 28.1 Å². The molecule has 2 atom stereocenters. The summed E-state index contributed by atoms with van der Waals surface area (Å²) < 4.78 is 11.4. The molecule has 3 aromatic carbocycles. The highest BCUT2D eigenvalue weighted by Gasteiger charge is 2.28. The molecule has 6 heteroatoms. The molecule has 1 aliphatic rings. The van der Waals surface area contributed by atoms with Crippen molar-refractivity contribution in [2.24, 2.45) is 0 Å². The third-order valence-electron chi connectivity index (χ3n) is 4.83. The van der Waals surface area contributed by atoms with Crippen LogP contribution in [0.2, 0.25) is 10.0 Å². The van der Waals surface area contributed by atoms with Crippen LogP contribution in [0.5, 0.6) is 11.5 Å². The maximum Gasteiger partial charge on any atom is 0.264 e. The van der Waals surface area contributed by atoms with Crippen LogP contribution in [0.25, 0.3) is 0 Å². The third kappa shape index (κ3) is 4.50. The van der Waals surface area contributed by atoms with Crippen molar-refractivity contribution in [3.8, 4) is 11.5 Å². The van der Waals surface area contributed by atoms with Crippen LogP contribution in [-0.2, 0) is 4.79 Å². The number of rotatable bonds is 5. The van der Waals surface area contributed by atoms with Crippen LogP contribution in [0.3, 0.4) is 0 Å². The molecule has 3 aromatic rings. The average molecular weight is 428 g/mol. The van der Waals surface area contributed by atoms with Gasteiger partial charge in [0.2, 0.25) is 6.10 Å². The number of carbonyl (C=O) groups is 1. The van der Waals surface area contributed by atoms with E-state index in [9.17, 15) is 4.79 Å². The Bertz CT molecular complexity index is 1010. The monoisotopic (exact) mass is 427 g/mol. The van der Waals surface area contributed by atoms with Crippen molar-refractivity contribution in [2.75, 3.05) is 13.2 Å². The van der Waals surface area contributed by atoms with Crippen LogP contribution in [-0.4, -0.2) is 25.2 Å². The first-order valence-electron chi connectivity index (χ1n) is 9.28. The van der Waals surface area contributed by atoms with Gasteiger partial charge in [-0.2, -0.15) is 0 Å². The van der Waals surface area contributed by atoms with Gasteiger partial charge in [-0.05, 0) is 35.4 Å². The van der Waals surface area contributed by atoms with Crippen molar-refractivity contribution >= 4 is 29.1 Å². The van der Waals surface area contributed by atoms with Crippen molar-refractivity contribution in [1.29, 1.82) is 0 Å². The molecule has 0 bridgehead atoms. The number of fused-ring (bicyclic) bond motifs is 1. The van der Waals surface area contributed by atoms with E-state index in [4.69, 9.17) is 32.7 Å². The summed E-state index contributed by atoms with van der Waals surface area (Å²) in [5, 5.41) is 3.98. The Hall–Kier alpha value is -2.69. The Kier molecular flexibility index (Phi) is 5.93. The SMILES string of the molecule is O=C(NCC(c1ccccc1)c1ccc(Cl)c(Cl)c1)C1COc2ccccc2O1. The summed E-state index contributed by atoms with van der Waals surface area (Å²) in [6, 6.07) is 22.8. The average Bonchev–Trinajstić information content (AvgIpc) is 2.76. The third-order valence-corrected chi connectivity index (χ3v) is 5.57. The Balaban J connectivity index is 1.50. The fraction of sp³-hybridized carbons (Fsp3) is 0.174. The van der Waals surface area contributed by atoms with Crippen molar-refractivity contribution < 1.29 is 14.3 Å². The van der Waals surface area contributed by atoms with Gasteiger partial charge in [0.05, 0.1) is 10.0 Å². The highest BCUT2D eigenvalue weighted by Crippen LogP contribution is 2.32. The molecule has 148 valence electrons. The van der Waals surface area contributed by atoms with Crippen LogP contribution in [0, 0.1) is 0 Å². The van der Waals surface area contributed by atoms with Crippen molar-refractivity contribution in [3.63, 3.8) is 0 Å². The van der Waals surface area contributed by atoms with Crippen molar-refractivity contribution in [3.05, 3.63) is 94.0 Å². The van der Waals surface area contributed by atoms with E-state index in [1.54, 1.807) is 12.1 Å². The zero-order valence-corrected chi connectivity index (χ0v) is 17.0. The number of benzene rings is 3. The van der Waals surface area contributed by atoms with Crippen LogP contribution >= 0.6 is 23.2 Å². The van der Waals surface area contributed by atoms with Crippen LogP contribution in [0.15, 0.2) is 72.8 Å². The molecule has 0 saturated carbocycles. The first-order chi connectivity index (χ1) is 14.1. The standard InChI is InChI=1S/C23H19Cl2NO3/c24-18-11-10-16(12-19(18)25)17(15-6-2-1-3-7-15)13-26-23(27)22-14-28-20-8-4-5-9-21(20)29-22/h1-12,17,22H,13-14H2,(H,26,27). The van der Waals surface area contributed by atoms with Gasteiger partial charge < -0.3 is 14.8 Å². The molecular weight excluding hydrogens is 409 g/mol. The molecule has 2 unspecified atom stereocenters. The quantitative estimate of drug-likeness (QED) is 0.617. The largest absolute Gasteiger partial charge is 0.485 e. The summed E-state index contributed by atoms with van der Waals surface area (Å²) in [5.74, 6) is 0.921. The molecule has 4 rings (SSSR count). The Morgan fingerprint density at radius 3 is 2.41 bits per heavy atom. The summed E-state index contributed by atoms with van der Waals surface area (Å²) in [5.41, 5.74) is 2.04. The number of nitrogens with one attached hydrogen (secondary N) is 1. The lowest BCUT2D eigenvalue weighted by Crippen LogP contribution is -2.45. The molecule has 1 amide bonds. The van der Waals surface area contributed by atoms with Gasteiger partial charge in [-0.15, -0.1) is 0 Å². The molecule has 0 spiro atoms. The second-order valence-electron chi connectivity index (χ2n) is 6.75. The number of halogens is 2. The minimum Gasteiger partial charge on any atom is -0.485 e. The van der Waals surface area contributed by atoms with Crippen LogP contribution < -0.4 is 14.8 Å². The minimum atomic E-state index is -0.699. The minimum absolute atomic E-state index is 0.0771. The molecule has 0 aromatic heterocycles. The van der Waals surface area contributed by atoms with Gasteiger partial charge in [0.15, 0.2) is 11.5 Å². The zero-order chi connectivity index (χ0) is 20.2. The number of amides is 1. The van der Waals surface area contributed by atoms with E-state index in [-0.39, 0.29) is 18.4 Å². The molecule has 1 aliphatic heterocycles. The lowest BCUT2D eigenvalue weighted by Gasteiger charge is -2.26. The maximum atomic E-state index is 12.7. The van der Waals surface area contributed by atoms with E-state index in [1.165, 1.54) is 0 Å². The zero-order valence-electron chi connectivity index (χ0n) is 15.5. The van der Waals surface area contributed by atoms with E-state index in [1.807, 2.05) is 60.7 Å². The van der Waals surface area contributed by atoms with Gasteiger partial charge in [0.25, 0.3) is 5.91 Å². The second-order valence-corrected chi connectivity index (χ2v) is 7.56. The number of hydrogen-bond donors (Lipinski definition) is 1. The van der Waals surface area contributed by atoms with E-state index in [2.05, 4.69) is 5.32 Å². The predicted octanol–water partition coefficient (Wildman–Crippen LogP) is 5.08. The van der Waals surface area contributed by atoms with Gasteiger partial charge in [-0.25, -0.2) is 0 Å². The number of para-hydroxylation sites is 2. The maximum absolute atomic E-state index is 12.7. The van der Waals surface area contributed by atoms with Crippen molar-refractivity contribution in [1.82, 2.24) is 5.32 Å². The number of hydrogen-bond acceptors (Lipinski definition) is 3. The lowest BCUT2D eigenvalue weighted by molar-refractivity contribution is -0.130. The fourth-order valence-corrected chi connectivity index (χ4v) is 3.61. The van der Waals surface area contributed by atoms with Gasteiger partial charge in [-0.1, -0.05) is 71.7 Å². The van der Waals surface area contributed by atoms with E-state index < -0.39 is 6.10 Å². The smallest absolute Gasteiger partial charge is 0.264 e. The van der Waals surface area contributed by atoms with Crippen molar-refractivity contribution in [2.45, 2.75) is 12.0 Å². The van der Waals surface area contributed by atoms with Gasteiger partial charge in [-0.3, -0.25) is 4.79 Å². The summed E-state index contributed by atoms with van der Waals surface area (Å²) >= 11 is 12.3. The van der Waals surface area contributed by atoms with E-state index >= 15 is 0 Å². The Labute approximate surface area is 179 Å². The molecule has 29 heavy (non-hydrogen) atoms. The summed E-state index contributed by atoms with van der Waals surface area (Å²) in [6.07, 6.45) is -0.699. The van der Waals surface area contributed by atoms with Crippen LogP contribution in [0.1, 0.15) is 17.0 Å². The first-order valence-corrected chi connectivity index (χ1v) is 10.0. The molecular formula is C23H19Cl2NO3. The second kappa shape index (κ2) is 8.76. The molecule has 0 radical (unpaired) electrons. The Morgan fingerprint density at radius 2 is 1.66 bits per heavy atom. The summed E-state index contributed by atoms with van der Waals surface area (Å²) in [7, 11) is 0. The number of ether oxygens (including phenoxy) is 2. The van der Waals surface area contributed by atoms with E-state index in [0.717, 1.165) is 11.1 Å². The highest BCUT2D eigenvalue weighted by atomic mass is 35.5. The topological polar surface area (TPSA) is 47.6 Å². The molecule has 1 heterocycles. The van der Waals surface area contributed by atoms with Crippen LogP contribution in [0.4, 0.5) is 0 Å². The molecule has 0 aliphatic carbocycles. The predicted molar refractivity (Wildman–Crippen MR) is 114 cm³/mol. The van der Waals surface area contributed by atoms with Gasteiger partial charge >= 0.3 is 0 Å². The van der Waals surface area contributed by atoms with Gasteiger partial charge in [0, 0.05) is 12.5 Å². The normalized spacial score (nSPS) is 16.1. The highest BCUT2D eigenvalue weighted by molar-refractivity contribution is 6.42. The number of carbonyl (C=O) groups excluding carboxylic acids is 1. The molecule has 4 nitrogen and oxygen atoms in total. The Morgan fingerprint density at radius 1 is 0.931 bits per heavy atom. The fourth-order valence-electron chi connectivity index (χ4n) is 3.31. The first kappa shape index (κ1) is 19.6. The molecule has 0 fully saturated rings. The van der Waals surface area contributed by atoms with Gasteiger partial charge in [0.1, 0.15) is 6.61 Å². The summed E-state index contributed by atoms with van der Waals surface area (Å²) in [6.45, 7) is 0.563. The summed E-state index contributed by atoms with van der Waals surface area (Å²) in [4.78, 5) is 12.7. The molecule has 1 N–H and O–H groups in total. The lowest BCUT2D eigenvalue weighted by atomic mass is 9.91.